The summed E-state index contributed by atoms with van der Waals surface area (Å²) in [6.45, 7) is 2.49. The highest BCUT2D eigenvalue weighted by atomic mass is 19.1. The first-order chi connectivity index (χ1) is 15.6. The minimum absolute atomic E-state index is 0.0423. The van der Waals surface area contributed by atoms with E-state index in [1.165, 1.54) is 12.1 Å². The van der Waals surface area contributed by atoms with Crippen LogP contribution >= 0.6 is 0 Å². The van der Waals surface area contributed by atoms with E-state index in [0.717, 1.165) is 24.2 Å². The number of benzene rings is 1. The molecule has 3 heterocycles. The summed E-state index contributed by atoms with van der Waals surface area (Å²) < 4.78 is 20.0. The van der Waals surface area contributed by atoms with Crippen LogP contribution in [0.25, 0.3) is 5.65 Å². The first kappa shape index (κ1) is 21.5. The van der Waals surface area contributed by atoms with Crippen LogP contribution in [0, 0.1) is 5.82 Å². The van der Waals surface area contributed by atoms with Crippen molar-refractivity contribution < 1.29 is 13.6 Å². The van der Waals surface area contributed by atoms with Gasteiger partial charge in [-0.15, -0.1) is 15.3 Å². The molecule has 3 aromatic heterocycles. The maximum absolute atomic E-state index is 13.0. The Kier molecular flexibility index (Phi) is 6.74. The van der Waals surface area contributed by atoms with Crippen LogP contribution in [0.3, 0.4) is 0 Å². The zero-order chi connectivity index (χ0) is 22.3. The SMILES string of the molecule is C[C@H](CCc1ccco1)NC(=O)CCc1nnc2ccc(NCc3ccc(F)cc3)nn12. The van der Waals surface area contributed by atoms with E-state index in [1.54, 1.807) is 22.9 Å². The number of carbonyl (C=O) groups excluding carboxylic acids is 1. The number of carbonyl (C=O) groups is 1. The molecule has 2 N–H and O–H groups in total. The molecule has 0 saturated heterocycles. The van der Waals surface area contributed by atoms with Gasteiger partial charge in [0.2, 0.25) is 5.91 Å². The van der Waals surface area contributed by atoms with E-state index < -0.39 is 0 Å². The summed E-state index contributed by atoms with van der Waals surface area (Å²) in [4.78, 5) is 12.3. The lowest BCUT2D eigenvalue weighted by atomic mass is 10.1. The van der Waals surface area contributed by atoms with Crippen LogP contribution in [0.5, 0.6) is 0 Å². The number of fused-ring (bicyclic) bond motifs is 1. The number of hydrogen-bond donors (Lipinski definition) is 2. The second-order valence-electron chi connectivity index (χ2n) is 7.67. The molecule has 1 atom stereocenters. The minimum atomic E-state index is -0.265. The molecule has 1 aromatic carbocycles. The molecule has 4 aromatic rings. The van der Waals surface area contributed by atoms with Gasteiger partial charge in [-0.05, 0) is 55.3 Å². The van der Waals surface area contributed by atoms with Gasteiger partial charge >= 0.3 is 0 Å². The van der Waals surface area contributed by atoms with Crippen LogP contribution in [-0.4, -0.2) is 31.8 Å². The summed E-state index contributed by atoms with van der Waals surface area (Å²) in [7, 11) is 0. The lowest BCUT2D eigenvalue weighted by Crippen LogP contribution is -2.33. The first-order valence-electron chi connectivity index (χ1n) is 10.6. The lowest BCUT2D eigenvalue weighted by Gasteiger charge is -2.13. The molecule has 9 heteroatoms. The second kappa shape index (κ2) is 10.0. The molecule has 0 aliphatic rings. The Hall–Kier alpha value is -3.75. The van der Waals surface area contributed by atoms with Gasteiger partial charge in [-0.3, -0.25) is 4.79 Å². The monoisotopic (exact) mass is 436 g/mol. The van der Waals surface area contributed by atoms with Gasteiger partial charge in [0.25, 0.3) is 0 Å². The summed E-state index contributed by atoms with van der Waals surface area (Å²) in [6.07, 6.45) is 3.95. The molecule has 8 nitrogen and oxygen atoms in total. The molecule has 4 rings (SSSR count). The van der Waals surface area contributed by atoms with Crippen LogP contribution in [0.1, 0.15) is 36.9 Å². The molecular formula is C23H25FN6O2. The Morgan fingerprint density at radius 1 is 1.12 bits per heavy atom. The molecule has 0 radical (unpaired) electrons. The van der Waals surface area contributed by atoms with Gasteiger partial charge in [0.15, 0.2) is 11.5 Å². The number of aryl methyl sites for hydroxylation is 2. The van der Waals surface area contributed by atoms with Gasteiger partial charge in [0.05, 0.1) is 6.26 Å². The van der Waals surface area contributed by atoms with Crippen LogP contribution in [0.2, 0.25) is 0 Å². The van der Waals surface area contributed by atoms with E-state index >= 15 is 0 Å². The number of aromatic nitrogens is 4. The fourth-order valence-electron chi connectivity index (χ4n) is 3.34. The van der Waals surface area contributed by atoms with Crippen LogP contribution in [0.4, 0.5) is 10.2 Å². The number of nitrogens with zero attached hydrogens (tertiary/aromatic N) is 4. The quantitative estimate of drug-likeness (QED) is 0.395. The topological polar surface area (TPSA) is 97.4 Å². The van der Waals surface area contributed by atoms with Crippen LogP contribution in [0.15, 0.2) is 59.2 Å². The molecule has 0 bridgehead atoms. The number of halogens is 1. The molecule has 0 aliphatic heterocycles. The number of hydrogen-bond acceptors (Lipinski definition) is 6. The molecule has 0 unspecified atom stereocenters. The molecule has 0 fully saturated rings. The summed E-state index contributed by atoms with van der Waals surface area (Å²) in [6, 6.07) is 13.8. The summed E-state index contributed by atoms with van der Waals surface area (Å²) in [5.41, 5.74) is 1.55. The van der Waals surface area contributed by atoms with E-state index in [4.69, 9.17) is 4.42 Å². The highest BCUT2D eigenvalue weighted by molar-refractivity contribution is 5.76. The minimum Gasteiger partial charge on any atom is -0.469 e. The maximum Gasteiger partial charge on any atom is 0.220 e. The normalized spacial score (nSPS) is 12.1. The Morgan fingerprint density at radius 3 is 2.75 bits per heavy atom. The molecule has 32 heavy (non-hydrogen) atoms. The Balaban J connectivity index is 1.30. The van der Waals surface area contributed by atoms with Gasteiger partial charge in [-0.25, -0.2) is 4.39 Å². The third kappa shape index (κ3) is 5.69. The zero-order valence-corrected chi connectivity index (χ0v) is 17.8. The summed E-state index contributed by atoms with van der Waals surface area (Å²) in [5, 5.41) is 19.0. The van der Waals surface area contributed by atoms with Gasteiger partial charge in [0, 0.05) is 31.8 Å². The van der Waals surface area contributed by atoms with Gasteiger partial charge in [-0.2, -0.15) is 4.52 Å². The van der Waals surface area contributed by atoms with E-state index in [9.17, 15) is 9.18 Å². The molecular weight excluding hydrogens is 411 g/mol. The van der Waals surface area contributed by atoms with E-state index in [1.807, 2.05) is 31.2 Å². The predicted octanol–water partition coefficient (Wildman–Crippen LogP) is 3.54. The number of anilines is 1. The standard InChI is InChI=1S/C23H25FN6O2/c1-16(4-9-19-3-2-14-32-19)26-23(31)13-12-22-28-27-21-11-10-20(29-30(21)22)25-15-17-5-7-18(24)8-6-17/h2-3,5-8,10-11,14,16H,4,9,12-13,15H2,1H3,(H,25,29)(H,26,31)/t16-/m1/s1. The Labute approximate surface area is 184 Å². The molecule has 166 valence electrons. The fourth-order valence-corrected chi connectivity index (χ4v) is 3.34. The third-order valence-corrected chi connectivity index (χ3v) is 5.10. The van der Waals surface area contributed by atoms with Gasteiger partial charge in [-0.1, -0.05) is 12.1 Å². The largest absolute Gasteiger partial charge is 0.469 e. The molecule has 0 spiro atoms. The number of nitrogens with one attached hydrogen (secondary N) is 2. The zero-order valence-electron chi connectivity index (χ0n) is 17.8. The average molecular weight is 436 g/mol. The molecule has 0 saturated carbocycles. The van der Waals surface area contributed by atoms with E-state index in [-0.39, 0.29) is 17.8 Å². The third-order valence-electron chi connectivity index (χ3n) is 5.10. The van der Waals surface area contributed by atoms with Gasteiger partial charge in [0.1, 0.15) is 17.4 Å². The van der Waals surface area contributed by atoms with E-state index in [2.05, 4.69) is 25.9 Å². The van der Waals surface area contributed by atoms with Crippen molar-refractivity contribution in [2.75, 3.05) is 5.32 Å². The van der Waals surface area contributed by atoms with Crippen molar-refractivity contribution in [1.29, 1.82) is 0 Å². The highest BCUT2D eigenvalue weighted by Crippen LogP contribution is 2.11. The number of furan rings is 1. The molecule has 0 aliphatic carbocycles. The average Bonchev–Trinajstić information content (AvgIpc) is 3.45. The maximum atomic E-state index is 13.0. The van der Waals surface area contributed by atoms with Crippen molar-refractivity contribution in [2.24, 2.45) is 0 Å². The van der Waals surface area contributed by atoms with Crippen molar-refractivity contribution in [3.8, 4) is 0 Å². The van der Waals surface area contributed by atoms with Crippen molar-refractivity contribution in [3.05, 3.63) is 77.8 Å². The first-order valence-corrected chi connectivity index (χ1v) is 10.6. The predicted molar refractivity (Wildman–Crippen MR) is 117 cm³/mol. The van der Waals surface area contributed by atoms with Gasteiger partial charge < -0.3 is 15.1 Å². The number of amides is 1. The number of rotatable bonds is 10. The second-order valence-corrected chi connectivity index (χ2v) is 7.67. The van der Waals surface area contributed by atoms with E-state index in [0.29, 0.717) is 36.7 Å². The highest BCUT2D eigenvalue weighted by Gasteiger charge is 2.12. The van der Waals surface area contributed by atoms with Crippen molar-refractivity contribution in [2.45, 2.75) is 45.2 Å². The summed E-state index contributed by atoms with van der Waals surface area (Å²) in [5.74, 6) is 1.86. The lowest BCUT2D eigenvalue weighted by molar-refractivity contribution is -0.121. The summed E-state index contributed by atoms with van der Waals surface area (Å²) >= 11 is 0. The molecule has 1 amide bonds. The fraction of sp³-hybridized carbons (Fsp3) is 0.304. The van der Waals surface area contributed by atoms with Crippen molar-refractivity contribution >= 4 is 17.4 Å². The van der Waals surface area contributed by atoms with Crippen LogP contribution < -0.4 is 10.6 Å². The van der Waals surface area contributed by atoms with Crippen molar-refractivity contribution in [1.82, 2.24) is 25.1 Å². The van der Waals surface area contributed by atoms with Crippen molar-refractivity contribution in [3.63, 3.8) is 0 Å². The smallest absolute Gasteiger partial charge is 0.220 e. The van der Waals surface area contributed by atoms with Crippen LogP contribution in [-0.2, 0) is 24.2 Å². The Bertz CT molecular complexity index is 1160. The Morgan fingerprint density at radius 2 is 1.97 bits per heavy atom.